The van der Waals surface area contributed by atoms with Gasteiger partial charge < -0.3 is 5.32 Å². The van der Waals surface area contributed by atoms with Crippen LogP contribution in [0.2, 0.25) is 10.0 Å². The van der Waals surface area contributed by atoms with Crippen molar-refractivity contribution in [1.29, 1.82) is 0 Å². The number of thiazole rings is 1. The molecule has 0 saturated carbocycles. The van der Waals surface area contributed by atoms with E-state index < -0.39 is 0 Å². The van der Waals surface area contributed by atoms with E-state index in [1.165, 1.54) is 46.2 Å². The van der Waals surface area contributed by atoms with E-state index in [9.17, 15) is 4.79 Å². The summed E-state index contributed by atoms with van der Waals surface area (Å²) in [5.41, 5.74) is 1.58. The van der Waals surface area contributed by atoms with Crippen LogP contribution in [0.5, 0.6) is 0 Å². The van der Waals surface area contributed by atoms with Gasteiger partial charge in [0.2, 0.25) is 5.91 Å². The van der Waals surface area contributed by atoms with Gasteiger partial charge in [0.15, 0.2) is 13.8 Å². The zero-order valence-electron chi connectivity index (χ0n) is 12.7. The Bertz CT molecular complexity index is 899. The van der Waals surface area contributed by atoms with E-state index in [0.29, 0.717) is 15.2 Å². The highest BCUT2D eigenvalue weighted by molar-refractivity contribution is 8.03. The van der Waals surface area contributed by atoms with Crippen molar-refractivity contribution in [1.82, 2.24) is 15.2 Å². The lowest BCUT2D eigenvalue weighted by atomic mass is 10.2. The summed E-state index contributed by atoms with van der Waals surface area (Å²) in [6.07, 6.45) is 1.94. The molecule has 0 atom stereocenters. The lowest BCUT2D eigenvalue weighted by Crippen LogP contribution is -2.13. The number of carbonyl (C=O) groups excluding carboxylic acids is 1. The minimum atomic E-state index is -0.138. The molecule has 5 nitrogen and oxygen atoms in total. The van der Waals surface area contributed by atoms with Gasteiger partial charge in [-0.05, 0) is 18.4 Å². The van der Waals surface area contributed by atoms with Crippen LogP contribution in [-0.4, -0.2) is 33.1 Å². The van der Waals surface area contributed by atoms with Crippen molar-refractivity contribution in [3.05, 3.63) is 33.6 Å². The van der Waals surface area contributed by atoms with Crippen molar-refractivity contribution in [2.45, 2.75) is 8.68 Å². The zero-order valence-corrected chi connectivity index (χ0v) is 17.4. The fraction of sp³-hybridized carbons (Fsp3) is 0.143. The van der Waals surface area contributed by atoms with E-state index in [0.717, 1.165) is 19.9 Å². The average Bonchev–Trinajstić information content (AvgIpc) is 3.24. The van der Waals surface area contributed by atoms with E-state index in [4.69, 9.17) is 23.2 Å². The van der Waals surface area contributed by atoms with Crippen LogP contribution in [0.1, 0.15) is 0 Å². The number of nitrogens with one attached hydrogen (secondary N) is 1. The molecular formula is C14H10Cl2N4OS4. The summed E-state index contributed by atoms with van der Waals surface area (Å²) in [4.78, 5) is 16.5. The van der Waals surface area contributed by atoms with Gasteiger partial charge in [-0.3, -0.25) is 4.79 Å². The first-order valence-electron chi connectivity index (χ1n) is 6.76. The minimum absolute atomic E-state index is 0.138. The Morgan fingerprint density at radius 3 is 2.76 bits per heavy atom. The van der Waals surface area contributed by atoms with Crippen LogP contribution in [-0.2, 0) is 4.79 Å². The third-order valence-corrected chi connectivity index (χ3v) is 7.38. The second-order valence-electron chi connectivity index (χ2n) is 4.54. The van der Waals surface area contributed by atoms with Gasteiger partial charge in [-0.25, -0.2) is 4.98 Å². The van der Waals surface area contributed by atoms with Crippen LogP contribution in [0.3, 0.4) is 0 Å². The molecule has 0 aliphatic heterocycles. The Balaban J connectivity index is 1.58. The third kappa shape index (κ3) is 5.08. The minimum Gasteiger partial charge on any atom is -0.301 e. The lowest BCUT2D eigenvalue weighted by Gasteiger charge is -2.01. The molecule has 0 bridgehead atoms. The molecule has 3 rings (SSSR count). The number of anilines is 1. The Morgan fingerprint density at radius 2 is 2.04 bits per heavy atom. The molecule has 0 fully saturated rings. The van der Waals surface area contributed by atoms with E-state index in [-0.39, 0.29) is 11.7 Å². The Morgan fingerprint density at radius 1 is 1.24 bits per heavy atom. The highest BCUT2D eigenvalue weighted by Crippen LogP contribution is 2.31. The number of halogens is 2. The van der Waals surface area contributed by atoms with Crippen LogP contribution >= 0.6 is 69.4 Å². The van der Waals surface area contributed by atoms with Gasteiger partial charge in [-0.2, -0.15) is 0 Å². The molecule has 1 N–H and O–H groups in total. The molecule has 2 heterocycles. The predicted molar refractivity (Wildman–Crippen MR) is 109 cm³/mol. The van der Waals surface area contributed by atoms with Crippen molar-refractivity contribution >= 4 is 80.4 Å². The molecule has 0 saturated heterocycles. The maximum Gasteiger partial charge on any atom is 0.236 e. The van der Waals surface area contributed by atoms with Crippen LogP contribution < -0.4 is 5.32 Å². The lowest BCUT2D eigenvalue weighted by molar-refractivity contribution is -0.113. The quantitative estimate of drug-likeness (QED) is 0.507. The van der Waals surface area contributed by atoms with Crippen molar-refractivity contribution in [2.24, 2.45) is 0 Å². The maximum atomic E-state index is 12.1. The molecule has 0 radical (unpaired) electrons. The highest BCUT2D eigenvalue weighted by Gasteiger charge is 2.11. The topological polar surface area (TPSA) is 67.8 Å². The Hall–Kier alpha value is -0.840. The number of amides is 1. The van der Waals surface area contributed by atoms with Gasteiger partial charge in [0, 0.05) is 10.9 Å². The molecule has 0 aliphatic rings. The first-order chi connectivity index (χ1) is 12.0. The zero-order chi connectivity index (χ0) is 17.8. The summed E-state index contributed by atoms with van der Waals surface area (Å²) < 4.78 is 1.66. The van der Waals surface area contributed by atoms with Gasteiger partial charge in [0.1, 0.15) is 0 Å². The normalized spacial score (nSPS) is 10.8. The Labute approximate surface area is 170 Å². The largest absolute Gasteiger partial charge is 0.301 e. The summed E-state index contributed by atoms with van der Waals surface area (Å²) in [5.74, 6) is 0.117. The third-order valence-electron chi connectivity index (χ3n) is 2.86. The number of thioether (sulfide) groups is 2. The number of nitrogens with zero attached hydrogens (tertiary/aromatic N) is 3. The summed E-state index contributed by atoms with van der Waals surface area (Å²) in [6, 6.07) is 5.31. The van der Waals surface area contributed by atoms with Crippen LogP contribution in [0, 0.1) is 0 Å². The molecule has 25 heavy (non-hydrogen) atoms. The SMILES string of the molecule is CSc1nnc(SCC(=O)Nc2nc(-c3ccc(Cl)c(Cl)c3)cs2)s1. The number of hydrogen-bond acceptors (Lipinski definition) is 8. The first kappa shape index (κ1) is 18.9. The number of hydrogen-bond donors (Lipinski definition) is 1. The summed E-state index contributed by atoms with van der Waals surface area (Å²) in [5, 5.41) is 14.2. The van der Waals surface area contributed by atoms with Gasteiger partial charge in [0.05, 0.1) is 21.5 Å². The predicted octanol–water partition coefficient (Wildman–Crippen LogP) is 5.42. The second kappa shape index (κ2) is 8.70. The molecule has 3 aromatic rings. The second-order valence-corrected chi connectivity index (χ2v) is 9.47. The molecule has 0 spiro atoms. The molecular weight excluding hydrogens is 439 g/mol. The fourth-order valence-electron chi connectivity index (χ4n) is 1.74. The number of rotatable bonds is 6. The van der Waals surface area contributed by atoms with E-state index >= 15 is 0 Å². The van der Waals surface area contributed by atoms with Gasteiger partial charge in [-0.1, -0.05) is 64.1 Å². The van der Waals surface area contributed by atoms with E-state index in [1.807, 2.05) is 17.7 Å². The van der Waals surface area contributed by atoms with Crippen molar-refractivity contribution < 1.29 is 4.79 Å². The standard InChI is InChI=1S/C14H10Cl2N4OS4/c1-22-13-19-20-14(25-13)24-6-11(21)18-12-17-10(5-23-12)7-2-3-8(15)9(16)4-7/h2-5H,6H2,1H3,(H,17,18,21). The first-order valence-corrected chi connectivity index (χ1v) is 11.4. The van der Waals surface area contributed by atoms with E-state index in [1.54, 1.807) is 12.1 Å². The van der Waals surface area contributed by atoms with Crippen LogP contribution in [0.4, 0.5) is 5.13 Å². The van der Waals surface area contributed by atoms with Crippen LogP contribution in [0.25, 0.3) is 11.3 Å². The van der Waals surface area contributed by atoms with Crippen molar-refractivity contribution in [2.75, 3.05) is 17.3 Å². The number of benzene rings is 1. The molecule has 1 amide bonds. The average molecular weight is 449 g/mol. The smallest absolute Gasteiger partial charge is 0.236 e. The van der Waals surface area contributed by atoms with Crippen molar-refractivity contribution in [3.8, 4) is 11.3 Å². The van der Waals surface area contributed by atoms with E-state index in [2.05, 4.69) is 20.5 Å². The molecule has 11 heteroatoms. The van der Waals surface area contributed by atoms with Gasteiger partial charge in [-0.15, -0.1) is 21.5 Å². The molecule has 130 valence electrons. The van der Waals surface area contributed by atoms with Crippen LogP contribution in [0.15, 0.2) is 32.3 Å². The van der Waals surface area contributed by atoms with Crippen molar-refractivity contribution in [3.63, 3.8) is 0 Å². The summed E-state index contributed by atoms with van der Waals surface area (Å²) >= 11 is 17.7. The number of carbonyl (C=O) groups is 1. The Kier molecular flexibility index (Phi) is 6.59. The molecule has 0 unspecified atom stereocenters. The summed E-state index contributed by atoms with van der Waals surface area (Å²) in [7, 11) is 0. The summed E-state index contributed by atoms with van der Waals surface area (Å²) in [6.45, 7) is 0. The van der Waals surface area contributed by atoms with Gasteiger partial charge in [0.25, 0.3) is 0 Å². The highest BCUT2D eigenvalue weighted by atomic mass is 35.5. The van der Waals surface area contributed by atoms with Gasteiger partial charge >= 0.3 is 0 Å². The molecule has 2 aromatic heterocycles. The maximum absolute atomic E-state index is 12.1. The molecule has 0 aliphatic carbocycles. The number of aromatic nitrogens is 3. The fourth-order valence-corrected chi connectivity index (χ4v) is 5.01. The molecule has 1 aromatic carbocycles. The monoisotopic (exact) mass is 448 g/mol.